The maximum atomic E-state index is 14.4. The van der Waals surface area contributed by atoms with Crippen molar-refractivity contribution in [2.24, 2.45) is 0 Å². The predicted octanol–water partition coefficient (Wildman–Crippen LogP) is 7.29. The van der Waals surface area contributed by atoms with Gasteiger partial charge in [-0.1, -0.05) is 54.6 Å². The average molecular weight is 930 g/mol. The fourth-order valence-corrected chi connectivity index (χ4v) is 10.0. The van der Waals surface area contributed by atoms with Crippen LogP contribution in [-0.2, 0) is 35.5 Å². The Bertz CT molecular complexity index is 2250. The van der Waals surface area contributed by atoms with Crippen LogP contribution in [0.15, 0.2) is 94.6 Å². The number of amides is 1. The van der Waals surface area contributed by atoms with Crippen LogP contribution in [0.3, 0.4) is 0 Å². The molecule has 1 fully saturated rings. The Morgan fingerprint density at radius 2 is 1.50 bits per heavy atom. The number of carbonyl (C=O) groups is 1. The van der Waals surface area contributed by atoms with Crippen molar-refractivity contribution in [2.75, 3.05) is 61.7 Å². The van der Waals surface area contributed by atoms with Crippen molar-refractivity contribution in [3.63, 3.8) is 0 Å². The molecule has 4 aromatic rings. The summed E-state index contributed by atoms with van der Waals surface area (Å²) in [5.74, 6) is 1.37. The number of nitrogens with one attached hydrogen (secondary N) is 1. The van der Waals surface area contributed by atoms with Crippen molar-refractivity contribution in [2.45, 2.75) is 109 Å². The molecule has 16 heteroatoms. The maximum Gasteiger partial charge on any atom is 0.333 e. The molecule has 4 unspecified atom stereocenters. The van der Waals surface area contributed by atoms with Crippen LogP contribution in [0, 0.1) is 18.3 Å². The number of benzene rings is 3. The normalized spacial score (nSPS) is 17.0. The van der Waals surface area contributed by atoms with Crippen LogP contribution < -0.4 is 26.0 Å². The smallest absolute Gasteiger partial charge is 0.333 e. The molecule has 3 aromatic carbocycles. The van der Waals surface area contributed by atoms with Crippen molar-refractivity contribution >= 4 is 14.4 Å². The molecule has 1 amide bonds. The molecule has 5 rings (SSSR count). The highest BCUT2D eigenvalue weighted by Gasteiger charge is 2.45. The SMILES string of the molecule is COc1ccc(C(OCC2OC(n3cc(C)c(=O)n(CCCCCNC(=O)C[N+](C)(C)C)c3=O)CC2OP(OCCC#N)N(C(C)C)C(C)C)(c2ccccc2)c2ccc(OC)cc2)cc1. The number of nitrogens with zero attached hydrogens (tertiary/aromatic N) is 5. The number of aromatic nitrogens is 2. The second-order valence-corrected chi connectivity index (χ2v) is 19.6. The van der Waals surface area contributed by atoms with Gasteiger partial charge in [-0.15, -0.1) is 0 Å². The van der Waals surface area contributed by atoms with Gasteiger partial charge in [0.25, 0.3) is 20.0 Å². The number of carbonyl (C=O) groups excluding carboxylic acids is 1. The quantitative estimate of drug-likeness (QED) is 0.0309. The molecule has 4 atom stereocenters. The largest absolute Gasteiger partial charge is 0.497 e. The number of nitriles is 1. The van der Waals surface area contributed by atoms with Crippen LogP contribution in [0.25, 0.3) is 0 Å². The molecule has 0 radical (unpaired) electrons. The molecule has 15 nitrogen and oxygen atoms in total. The molecule has 1 saturated heterocycles. The van der Waals surface area contributed by atoms with E-state index in [4.69, 9.17) is 28.0 Å². The van der Waals surface area contributed by atoms with Gasteiger partial charge in [0.05, 0.1) is 67.2 Å². The van der Waals surface area contributed by atoms with E-state index < -0.39 is 38.3 Å². The molecular formula is C50H70N6O9P+. The molecule has 0 bridgehead atoms. The number of unbranched alkanes of at least 4 members (excludes halogenated alkanes) is 2. The van der Waals surface area contributed by atoms with Crippen molar-refractivity contribution in [1.82, 2.24) is 19.1 Å². The van der Waals surface area contributed by atoms with Crippen LogP contribution in [0.1, 0.15) is 88.3 Å². The first kappa shape index (κ1) is 52.1. The van der Waals surface area contributed by atoms with Gasteiger partial charge in [0.1, 0.15) is 29.4 Å². The van der Waals surface area contributed by atoms with Gasteiger partial charge in [-0.2, -0.15) is 5.26 Å². The number of ether oxygens (including phenoxy) is 4. The average Bonchev–Trinajstić information content (AvgIpc) is 3.69. The second-order valence-electron chi connectivity index (χ2n) is 18.2. The molecule has 1 N–H and O–H groups in total. The minimum Gasteiger partial charge on any atom is -0.497 e. The van der Waals surface area contributed by atoms with Gasteiger partial charge in [-0.3, -0.25) is 18.7 Å². The first-order chi connectivity index (χ1) is 31.5. The van der Waals surface area contributed by atoms with E-state index in [9.17, 15) is 19.6 Å². The fourth-order valence-electron chi connectivity index (χ4n) is 8.27. The zero-order valence-electron chi connectivity index (χ0n) is 40.4. The van der Waals surface area contributed by atoms with Gasteiger partial charge in [0.2, 0.25) is 0 Å². The van der Waals surface area contributed by atoms with Gasteiger partial charge in [0.15, 0.2) is 6.54 Å². The Balaban J connectivity index is 1.53. The van der Waals surface area contributed by atoms with Gasteiger partial charge in [-0.25, -0.2) is 9.46 Å². The van der Waals surface area contributed by atoms with E-state index >= 15 is 0 Å². The van der Waals surface area contributed by atoms with Crippen molar-refractivity contribution in [3.05, 3.63) is 128 Å². The number of likely N-dealkylation sites (N-methyl/N-ethyl adjacent to an activating group) is 1. The molecule has 2 heterocycles. The van der Waals surface area contributed by atoms with E-state index in [2.05, 4.69) is 43.8 Å². The van der Waals surface area contributed by atoms with E-state index in [1.807, 2.05) is 100 Å². The molecule has 1 aromatic heterocycles. The molecule has 1 aliphatic heterocycles. The monoisotopic (exact) mass is 929 g/mol. The number of hydrogen-bond donors (Lipinski definition) is 1. The Morgan fingerprint density at radius 3 is 2.05 bits per heavy atom. The molecule has 0 saturated carbocycles. The van der Waals surface area contributed by atoms with Crippen molar-refractivity contribution in [3.8, 4) is 17.6 Å². The van der Waals surface area contributed by atoms with E-state index in [0.29, 0.717) is 53.9 Å². The summed E-state index contributed by atoms with van der Waals surface area (Å²) in [7, 11) is 7.43. The highest BCUT2D eigenvalue weighted by atomic mass is 31.2. The van der Waals surface area contributed by atoms with E-state index in [1.54, 1.807) is 27.3 Å². The minimum absolute atomic E-state index is 0.0114. The lowest BCUT2D eigenvalue weighted by Crippen LogP contribution is -2.44. The predicted molar refractivity (Wildman–Crippen MR) is 256 cm³/mol. The Kier molecular flexibility index (Phi) is 19.1. The highest BCUT2D eigenvalue weighted by Crippen LogP contribution is 2.50. The van der Waals surface area contributed by atoms with Crippen LogP contribution in [-0.4, -0.2) is 110 Å². The summed E-state index contributed by atoms with van der Waals surface area (Å²) < 4.78 is 44.3. The summed E-state index contributed by atoms with van der Waals surface area (Å²) in [4.78, 5) is 40.2. The first-order valence-corrected chi connectivity index (χ1v) is 23.9. The third-order valence-corrected chi connectivity index (χ3v) is 13.5. The van der Waals surface area contributed by atoms with Gasteiger partial charge in [0, 0.05) is 43.4 Å². The van der Waals surface area contributed by atoms with Gasteiger partial charge < -0.3 is 37.8 Å². The van der Waals surface area contributed by atoms with Gasteiger partial charge >= 0.3 is 5.69 Å². The summed E-state index contributed by atoms with van der Waals surface area (Å²) in [5, 5.41) is 12.4. The number of hydrogen-bond acceptors (Lipinski definition) is 11. The molecule has 1 aliphatic rings. The van der Waals surface area contributed by atoms with E-state index in [1.165, 1.54) is 9.13 Å². The molecule has 0 spiro atoms. The summed E-state index contributed by atoms with van der Waals surface area (Å²) in [6, 6.07) is 27.8. The zero-order chi connectivity index (χ0) is 48.0. The maximum absolute atomic E-state index is 14.4. The Labute approximate surface area is 391 Å². The minimum atomic E-state index is -1.72. The number of methoxy groups -OCH3 is 2. The third-order valence-electron chi connectivity index (χ3n) is 11.4. The lowest BCUT2D eigenvalue weighted by Gasteiger charge is -2.39. The lowest BCUT2D eigenvalue weighted by atomic mass is 9.80. The third kappa shape index (κ3) is 13.4. The summed E-state index contributed by atoms with van der Waals surface area (Å²) in [6.45, 7) is 11.3. The fraction of sp³-hybridized carbons (Fsp3) is 0.520. The van der Waals surface area contributed by atoms with Crippen LogP contribution in [0.5, 0.6) is 11.5 Å². The second kappa shape index (κ2) is 24.2. The first-order valence-electron chi connectivity index (χ1n) is 22.8. The van der Waals surface area contributed by atoms with Crippen LogP contribution in [0.2, 0.25) is 0 Å². The summed E-state index contributed by atoms with van der Waals surface area (Å²) in [6.07, 6.45) is 1.78. The number of aryl methyl sites for hydroxylation is 1. The Hall–Kier alpha value is -4.91. The van der Waals surface area contributed by atoms with Gasteiger partial charge in [-0.05, 0) is 94.8 Å². The highest BCUT2D eigenvalue weighted by molar-refractivity contribution is 7.44. The number of quaternary nitrogens is 1. The van der Waals surface area contributed by atoms with Crippen LogP contribution >= 0.6 is 8.53 Å². The molecular weight excluding hydrogens is 860 g/mol. The zero-order valence-corrected chi connectivity index (χ0v) is 41.3. The standard InChI is InChI=1S/C50H69N6O9P/c1-36(2)55(37(3)4)66(63-31-17-28-51)65-44-32-47(54-33-38(5)48(58)53(49(54)59)30-16-12-15-29-52-46(57)34-56(6,7)8)64-45(44)35-62-50(39-18-13-11-14-19-39,40-20-24-42(60-9)25-21-40)41-22-26-43(61-10)27-23-41/h11,13-14,18-27,33,36-37,44-45,47H,12,15-17,29-32,34-35H2,1-10H3/p+1. The summed E-state index contributed by atoms with van der Waals surface area (Å²) in [5.41, 5.74) is 0.931. The van der Waals surface area contributed by atoms with E-state index in [-0.39, 0.29) is 56.2 Å². The Morgan fingerprint density at radius 1 is 0.909 bits per heavy atom. The number of rotatable bonds is 25. The molecule has 66 heavy (non-hydrogen) atoms. The summed E-state index contributed by atoms with van der Waals surface area (Å²) >= 11 is 0. The van der Waals surface area contributed by atoms with Crippen molar-refractivity contribution in [1.29, 1.82) is 5.26 Å². The lowest BCUT2D eigenvalue weighted by molar-refractivity contribution is -0.862. The molecule has 358 valence electrons. The molecule has 0 aliphatic carbocycles. The van der Waals surface area contributed by atoms with Crippen LogP contribution in [0.4, 0.5) is 0 Å². The topological polar surface area (TPSA) is 156 Å². The van der Waals surface area contributed by atoms with E-state index in [0.717, 1.165) is 16.7 Å². The van der Waals surface area contributed by atoms with Crippen molar-refractivity contribution < 1.29 is 37.3 Å².